The Morgan fingerprint density at radius 3 is 2.10 bits per heavy atom. The van der Waals surface area contributed by atoms with Gasteiger partial charge in [-0.15, -0.1) is 0 Å². The Balaban J connectivity index is 1.77. The smallest absolute Gasteiger partial charge is 0.329 e. The highest BCUT2D eigenvalue weighted by Crippen LogP contribution is 2.45. The summed E-state index contributed by atoms with van der Waals surface area (Å²) in [7, 11) is -1.46. The number of cyclic esters (lactones) is 1. The lowest BCUT2D eigenvalue weighted by molar-refractivity contribution is -0.265. The molecule has 0 aromatic carbocycles. The van der Waals surface area contributed by atoms with Crippen molar-refractivity contribution in [2.24, 2.45) is 35.5 Å². The molecule has 0 unspecified atom stereocenters. The summed E-state index contributed by atoms with van der Waals surface area (Å²) >= 11 is 0. The van der Waals surface area contributed by atoms with Crippen molar-refractivity contribution in [3.05, 3.63) is 47.6 Å². The number of ketones is 3. The van der Waals surface area contributed by atoms with Crippen LogP contribution in [0.1, 0.15) is 126 Å². The maximum Gasteiger partial charge on any atom is 0.329 e. The summed E-state index contributed by atoms with van der Waals surface area (Å²) in [6.07, 6.45) is 11.5. The molecule has 1 aliphatic carbocycles. The number of methoxy groups -OCH3 is 3. The van der Waals surface area contributed by atoms with E-state index in [0.29, 0.717) is 69.8 Å². The van der Waals surface area contributed by atoms with Gasteiger partial charge in [0.15, 0.2) is 20.5 Å². The van der Waals surface area contributed by atoms with Crippen LogP contribution in [-0.2, 0) is 65.8 Å². The molecule has 3 heterocycles. The maximum atomic E-state index is 14.6. The first-order valence-electron chi connectivity index (χ1n) is 26.4. The van der Waals surface area contributed by atoms with Crippen LogP contribution in [0.4, 0.5) is 0 Å². The number of aliphatic hydroxyl groups is 1. The molecule has 0 aromatic rings. The van der Waals surface area contributed by atoms with Crippen molar-refractivity contribution in [1.29, 1.82) is 0 Å². The fraction of sp³-hybridized carbons (Fsp3) is 0.764. The summed E-state index contributed by atoms with van der Waals surface area (Å²) < 4.78 is 68.1. The minimum absolute atomic E-state index is 0.0155. The van der Waals surface area contributed by atoms with E-state index in [2.05, 4.69) is 0 Å². The second-order valence-electron chi connectivity index (χ2n) is 22.3. The number of Topliss-reactive ketones (excluding diaryl/α,β-unsaturated/α-hetero) is 3. The molecule has 1 N–H and O–H groups in total. The van der Waals surface area contributed by atoms with Gasteiger partial charge in [0.05, 0.1) is 24.4 Å². The van der Waals surface area contributed by atoms with Gasteiger partial charge in [0.25, 0.3) is 11.7 Å². The number of ether oxygens (including phenoxy) is 5. The number of hydrogen-bond acceptors (Lipinski definition) is 15. The normalized spacial score (nSPS) is 37.8. The molecule has 18 heteroatoms. The van der Waals surface area contributed by atoms with Gasteiger partial charge in [-0.1, -0.05) is 71.1 Å². The zero-order valence-corrected chi connectivity index (χ0v) is 48.0. The van der Waals surface area contributed by atoms with Crippen LogP contribution in [-0.4, -0.2) is 148 Å². The van der Waals surface area contributed by atoms with Crippen LogP contribution in [0.5, 0.6) is 0 Å². The lowest BCUT2D eigenvalue weighted by Crippen LogP contribution is -2.61. The number of carbonyl (C=O) groups is 5. The molecule has 15 atom stereocenters. The monoisotopic (exact) mass is 1070 g/mol. The van der Waals surface area contributed by atoms with Gasteiger partial charge in [-0.2, -0.15) is 0 Å². The van der Waals surface area contributed by atoms with E-state index in [9.17, 15) is 38.2 Å². The predicted octanol–water partition coefficient (Wildman–Crippen LogP) is 9.30. The van der Waals surface area contributed by atoms with E-state index < -0.39 is 92.5 Å². The molecule has 2 bridgehead atoms. The van der Waals surface area contributed by atoms with Gasteiger partial charge >= 0.3 is 5.97 Å². The van der Waals surface area contributed by atoms with Crippen molar-refractivity contribution < 1.29 is 70.9 Å². The van der Waals surface area contributed by atoms with E-state index >= 15 is 0 Å². The lowest BCUT2D eigenvalue weighted by atomic mass is 9.78. The van der Waals surface area contributed by atoms with Gasteiger partial charge in [-0.25, -0.2) is 4.79 Å². The largest absolute Gasteiger partial charge is 0.460 e. The molecule has 414 valence electrons. The van der Waals surface area contributed by atoms with Crippen LogP contribution < -0.4 is 0 Å². The summed E-state index contributed by atoms with van der Waals surface area (Å²) in [4.78, 5) is 73.2. The number of amides is 1. The maximum absolute atomic E-state index is 14.6. The van der Waals surface area contributed by atoms with Crippen LogP contribution in [0.25, 0.3) is 0 Å². The van der Waals surface area contributed by atoms with Crippen molar-refractivity contribution >= 4 is 44.0 Å². The second kappa shape index (κ2) is 27.9. The summed E-state index contributed by atoms with van der Waals surface area (Å²) in [5, 5.41) is 12.0. The van der Waals surface area contributed by atoms with Crippen LogP contribution >= 0.6 is 14.7 Å². The number of nitrogens with zero attached hydrogens (tertiary/aromatic N) is 1. The zero-order valence-electron chi connectivity index (χ0n) is 46.2. The van der Waals surface area contributed by atoms with E-state index in [4.69, 9.17) is 32.7 Å². The van der Waals surface area contributed by atoms with Gasteiger partial charge in [0, 0.05) is 85.1 Å². The molecule has 3 aliphatic heterocycles. The molecule has 3 fully saturated rings. The number of allylic oxidation sites excluding steroid dienone is 6. The molecule has 16 nitrogen and oxygen atoms in total. The third kappa shape index (κ3) is 18.1. The first kappa shape index (κ1) is 62.6. The van der Waals surface area contributed by atoms with Crippen LogP contribution in [0.3, 0.4) is 0 Å². The average Bonchev–Trinajstić information content (AvgIpc) is 3.32. The van der Waals surface area contributed by atoms with E-state index in [-0.39, 0.29) is 60.9 Å². The van der Waals surface area contributed by atoms with Gasteiger partial charge < -0.3 is 42.7 Å². The molecule has 2 saturated heterocycles. The number of piperidine rings is 1. The van der Waals surface area contributed by atoms with Crippen molar-refractivity contribution in [1.82, 2.24) is 4.90 Å². The Labute approximate surface area is 436 Å². The second-order valence-corrected chi connectivity index (χ2v) is 27.7. The summed E-state index contributed by atoms with van der Waals surface area (Å²) in [5.41, 5.74) is 1.34. The van der Waals surface area contributed by atoms with E-state index in [1.807, 2.05) is 58.1 Å². The molecule has 4 rings (SSSR count). The Hall–Kier alpha value is -2.91. The highest BCUT2D eigenvalue weighted by molar-refractivity contribution is 7.57. The Morgan fingerprint density at radius 2 is 1.47 bits per heavy atom. The minimum atomic E-state index is -3.23. The SMILES string of the molecule is CO[C@H]1C[C@@H]2CC[C@@H](C)[C@@](O)(O2)C(=O)C(=O)N2CCCC[C@H]2C(=O)O[C@H]([C@H](C)C[C@@H]2CC[C@@H](OP(C)(C)=O)[C@H](OC)C2)CC(=O)[C@H](C)/C=C(\C)[C@@H](OP(C)(C)=O)[C@@H](OC)C(=O)[C@H](C)C[C@H](C)/C=C/C=C/C=C/1C. The number of rotatable bonds is 10. The summed E-state index contributed by atoms with van der Waals surface area (Å²) in [6.45, 7) is 18.9. The minimum Gasteiger partial charge on any atom is -0.460 e. The first-order chi connectivity index (χ1) is 34.1. The summed E-state index contributed by atoms with van der Waals surface area (Å²) in [5.74, 6) is -8.26. The Morgan fingerprint density at radius 1 is 0.781 bits per heavy atom. The molecule has 0 aromatic heterocycles. The lowest BCUT2D eigenvalue weighted by Gasteiger charge is -2.42. The quantitative estimate of drug-likeness (QED) is 0.0936. The summed E-state index contributed by atoms with van der Waals surface area (Å²) in [6, 6.07) is -1.17. The van der Waals surface area contributed by atoms with Crippen LogP contribution in [0, 0.1) is 35.5 Å². The van der Waals surface area contributed by atoms with Crippen LogP contribution in [0.2, 0.25) is 0 Å². The molecule has 0 radical (unpaired) electrons. The zero-order chi connectivity index (χ0) is 54.6. The van der Waals surface area contributed by atoms with Gasteiger partial charge in [-0.3, -0.25) is 28.3 Å². The van der Waals surface area contributed by atoms with Crippen molar-refractivity contribution in [2.75, 3.05) is 54.5 Å². The van der Waals surface area contributed by atoms with Gasteiger partial charge in [0.2, 0.25) is 5.79 Å². The fourth-order valence-corrected chi connectivity index (χ4v) is 12.7. The van der Waals surface area contributed by atoms with E-state index in [0.717, 1.165) is 5.57 Å². The molecular weight excluding hydrogens is 977 g/mol. The predicted molar refractivity (Wildman–Crippen MR) is 282 cm³/mol. The van der Waals surface area contributed by atoms with Gasteiger partial charge in [0.1, 0.15) is 30.1 Å². The van der Waals surface area contributed by atoms with Crippen LogP contribution in [0.15, 0.2) is 47.6 Å². The number of fused-ring (bicyclic) bond motifs is 3. The molecular formula is C55H89NO15P2. The third-order valence-corrected chi connectivity index (χ3v) is 16.7. The molecule has 1 amide bonds. The van der Waals surface area contributed by atoms with E-state index in [1.165, 1.54) is 25.3 Å². The number of esters is 1. The van der Waals surface area contributed by atoms with Crippen molar-refractivity contribution in [3.8, 4) is 0 Å². The highest BCUT2D eigenvalue weighted by Gasteiger charge is 2.53. The Kier molecular flexibility index (Phi) is 24.0. The van der Waals surface area contributed by atoms with E-state index in [1.54, 1.807) is 54.4 Å². The molecule has 1 saturated carbocycles. The molecule has 73 heavy (non-hydrogen) atoms. The fourth-order valence-electron chi connectivity index (χ4n) is 10.9. The van der Waals surface area contributed by atoms with Crippen molar-refractivity contribution in [3.63, 3.8) is 0 Å². The number of carbonyl (C=O) groups excluding carboxylic acids is 5. The molecule has 0 spiro atoms. The Bertz CT molecular complexity index is 2130. The van der Waals surface area contributed by atoms with Gasteiger partial charge in [-0.05, 0) is 107 Å². The topological polar surface area (TPSA) is 208 Å². The first-order valence-corrected chi connectivity index (χ1v) is 31.4. The number of hydrogen-bond donors (Lipinski definition) is 1. The molecule has 4 aliphatic rings. The average molecular weight is 1070 g/mol. The van der Waals surface area contributed by atoms with Crippen molar-refractivity contribution in [2.45, 2.75) is 180 Å². The highest BCUT2D eigenvalue weighted by atomic mass is 31.2. The third-order valence-electron chi connectivity index (χ3n) is 15.2. The standard InChI is InChI=1S/C55H89NO15P2/c1-34-20-16-15-17-21-35(2)46(65-8)32-42-25-23-40(7)55(62,69-42)52(59)53(60)56-27-19-18-22-43(56)54(61)68-47(37(4)30-41-24-26-45(48(31-41)66-9)70-72(11,12)63)33-44(57)36(3)29-39(6)50(71-73(13,14)64)51(67-10)49(58)38(5)28-34/h15-17,20-21,29,34,36-38,40-43,45-48,50-51,62H,18-19,22-28,30-33H2,1-14H3/b17-15+,20-16+,35-21+,39-29+/t34-,36-,37-,38-,40-,41+,42+,43+,45-,46+,47+,48-,50-,51+,55-/m1/s1.